The van der Waals surface area contributed by atoms with E-state index in [-0.39, 0.29) is 28.2 Å². The highest BCUT2D eigenvalue weighted by molar-refractivity contribution is 5.86. The highest BCUT2D eigenvalue weighted by Gasteiger charge is 2.45. The van der Waals surface area contributed by atoms with Gasteiger partial charge in [-0.25, -0.2) is 0 Å². The lowest BCUT2D eigenvalue weighted by Gasteiger charge is -2.39. The minimum Gasteiger partial charge on any atom is -0.507 e. The van der Waals surface area contributed by atoms with Crippen molar-refractivity contribution in [1.29, 1.82) is 0 Å². The molecule has 8 N–H and O–H groups in total. The molecule has 0 saturated carbocycles. The lowest BCUT2D eigenvalue weighted by atomic mass is 9.99. The quantitative estimate of drug-likeness (QED) is 0.167. The molecule has 0 amide bonds. The number of benzene rings is 2. The van der Waals surface area contributed by atoms with Crippen LogP contribution in [0.4, 0.5) is 0 Å². The fraction of sp³-hybridized carbons (Fsp3) is 0.444. The van der Waals surface area contributed by atoms with Crippen LogP contribution in [0.25, 0.3) is 22.3 Å². The van der Waals surface area contributed by atoms with Crippen LogP contribution in [0.3, 0.4) is 0 Å². The van der Waals surface area contributed by atoms with Gasteiger partial charge in [-0.15, -0.1) is 0 Å². The van der Waals surface area contributed by atoms with Crippen molar-refractivity contribution in [2.24, 2.45) is 0 Å². The van der Waals surface area contributed by atoms with Gasteiger partial charge in [0.15, 0.2) is 5.43 Å². The fourth-order valence-electron chi connectivity index (χ4n) is 4.70. The second kappa shape index (κ2) is 11.5. The van der Waals surface area contributed by atoms with Gasteiger partial charge in [0.25, 0.3) is 0 Å². The Hall–Kier alpha value is -3.31. The van der Waals surface area contributed by atoms with E-state index in [2.05, 4.69) is 0 Å². The summed E-state index contributed by atoms with van der Waals surface area (Å²) in [5, 5.41) is 79.9. The van der Waals surface area contributed by atoms with Gasteiger partial charge in [-0.1, -0.05) is 0 Å². The average molecular weight is 579 g/mol. The normalized spacial score (nSPS) is 34.0. The van der Waals surface area contributed by atoms with Gasteiger partial charge < -0.3 is 64.2 Å². The molecule has 0 spiro atoms. The summed E-state index contributed by atoms with van der Waals surface area (Å²) in [5.41, 5.74) is -0.212. The van der Waals surface area contributed by atoms with E-state index in [9.17, 15) is 45.6 Å². The maximum absolute atomic E-state index is 12.8. The summed E-state index contributed by atoms with van der Waals surface area (Å²) in [6.07, 6.45) is -13.9. The first kappa shape index (κ1) is 29.2. The minimum atomic E-state index is -1.69. The third-order valence-corrected chi connectivity index (χ3v) is 7.08. The molecule has 222 valence electrons. The van der Waals surface area contributed by atoms with Crippen molar-refractivity contribution in [3.05, 3.63) is 52.7 Å². The molecular formula is C27H30O14. The largest absolute Gasteiger partial charge is 0.507 e. The summed E-state index contributed by atoms with van der Waals surface area (Å²) in [6, 6.07) is 9.65. The van der Waals surface area contributed by atoms with E-state index >= 15 is 0 Å². The Morgan fingerprint density at radius 2 is 1.37 bits per heavy atom. The van der Waals surface area contributed by atoms with Gasteiger partial charge in [0.2, 0.25) is 12.6 Å². The molecule has 2 fully saturated rings. The van der Waals surface area contributed by atoms with E-state index in [0.717, 1.165) is 6.07 Å². The molecule has 3 aromatic rings. The molecule has 14 nitrogen and oxygen atoms in total. The first-order valence-corrected chi connectivity index (χ1v) is 12.7. The van der Waals surface area contributed by atoms with Gasteiger partial charge in [-0.3, -0.25) is 4.79 Å². The van der Waals surface area contributed by atoms with Gasteiger partial charge in [-0.05, 0) is 31.2 Å². The van der Waals surface area contributed by atoms with E-state index in [4.69, 9.17) is 23.4 Å². The molecule has 14 heteroatoms. The molecule has 2 saturated heterocycles. The van der Waals surface area contributed by atoms with Crippen LogP contribution in [-0.2, 0) is 9.47 Å². The highest BCUT2D eigenvalue weighted by Crippen LogP contribution is 2.34. The molecule has 2 aliphatic rings. The molecular weight excluding hydrogens is 548 g/mol. The number of rotatable bonds is 6. The molecule has 10 atom stereocenters. The van der Waals surface area contributed by atoms with Crippen molar-refractivity contribution in [2.45, 2.75) is 68.3 Å². The van der Waals surface area contributed by atoms with Crippen molar-refractivity contribution in [3.8, 4) is 28.6 Å². The molecule has 0 aliphatic carbocycles. The zero-order valence-corrected chi connectivity index (χ0v) is 21.5. The lowest BCUT2D eigenvalue weighted by Crippen LogP contribution is -2.60. The number of aliphatic hydroxyl groups is 7. The van der Waals surface area contributed by atoms with Crippen LogP contribution in [0, 0.1) is 0 Å². The predicted octanol–water partition coefficient (Wildman–Crippen LogP) is -1.45. The van der Waals surface area contributed by atoms with Gasteiger partial charge in [0.1, 0.15) is 76.7 Å². The Morgan fingerprint density at radius 1 is 0.756 bits per heavy atom. The summed E-state index contributed by atoms with van der Waals surface area (Å²) in [5.74, 6) is -0.223. The molecule has 41 heavy (non-hydrogen) atoms. The van der Waals surface area contributed by atoms with Crippen molar-refractivity contribution in [1.82, 2.24) is 0 Å². The molecule has 5 rings (SSSR count). The van der Waals surface area contributed by atoms with Gasteiger partial charge in [-0.2, -0.15) is 0 Å². The molecule has 1 aromatic heterocycles. The van der Waals surface area contributed by atoms with Crippen LogP contribution in [0.2, 0.25) is 0 Å². The van der Waals surface area contributed by atoms with E-state index in [1.54, 1.807) is 12.1 Å². The second-order valence-electron chi connectivity index (χ2n) is 9.93. The zero-order chi connectivity index (χ0) is 29.6. The summed E-state index contributed by atoms with van der Waals surface area (Å²) in [7, 11) is 0. The molecule has 3 heterocycles. The first-order chi connectivity index (χ1) is 19.5. The van der Waals surface area contributed by atoms with Gasteiger partial charge in [0.05, 0.1) is 12.7 Å². The number of phenolic OH excluding ortho intramolecular Hbond substituents is 1. The lowest BCUT2D eigenvalue weighted by molar-refractivity contribution is -0.277. The third kappa shape index (κ3) is 5.61. The molecule has 10 unspecified atom stereocenters. The number of phenols is 1. The number of aliphatic hydroxyl groups excluding tert-OH is 7. The fourth-order valence-corrected chi connectivity index (χ4v) is 4.70. The smallest absolute Gasteiger partial charge is 0.229 e. The third-order valence-electron chi connectivity index (χ3n) is 7.08. The van der Waals surface area contributed by atoms with E-state index in [0.29, 0.717) is 5.56 Å². The topological polar surface area (TPSA) is 229 Å². The molecule has 2 aromatic carbocycles. The van der Waals surface area contributed by atoms with Crippen LogP contribution in [-0.4, -0.2) is 109 Å². The van der Waals surface area contributed by atoms with Crippen LogP contribution in [0.15, 0.2) is 51.7 Å². The predicted molar refractivity (Wildman–Crippen MR) is 137 cm³/mol. The summed E-state index contributed by atoms with van der Waals surface area (Å²) in [6.45, 7) is 0.868. The second-order valence-corrected chi connectivity index (χ2v) is 9.93. The Kier molecular flexibility index (Phi) is 8.20. The average Bonchev–Trinajstić information content (AvgIpc) is 2.95. The number of aromatic hydroxyl groups is 1. The minimum absolute atomic E-state index is 0.0762. The van der Waals surface area contributed by atoms with Crippen LogP contribution in [0.1, 0.15) is 6.92 Å². The maximum atomic E-state index is 12.8. The van der Waals surface area contributed by atoms with Crippen LogP contribution in [0.5, 0.6) is 17.2 Å². The van der Waals surface area contributed by atoms with Crippen molar-refractivity contribution < 1.29 is 64.2 Å². The Balaban J connectivity index is 1.38. The summed E-state index contributed by atoms with van der Waals surface area (Å²) >= 11 is 0. The van der Waals surface area contributed by atoms with Crippen LogP contribution < -0.4 is 14.9 Å². The van der Waals surface area contributed by atoms with Crippen molar-refractivity contribution >= 4 is 11.0 Å². The standard InChI is InChI=1S/C27H30O14/c1-10-20(31)22(33)24(35)26(37-10)38-12-4-2-11(3-5-12)16-8-15(30)19-14(29)6-13(7-17(19)40-16)39-27-25(36)23(34)21(32)18(9-28)41-27/h2-8,10,18,20-29,31-36H,9H2,1H3. The summed E-state index contributed by atoms with van der Waals surface area (Å²) < 4.78 is 27.8. The molecule has 2 aliphatic heterocycles. The van der Waals surface area contributed by atoms with Crippen molar-refractivity contribution in [2.75, 3.05) is 6.61 Å². The van der Waals surface area contributed by atoms with Gasteiger partial charge in [0, 0.05) is 23.8 Å². The maximum Gasteiger partial charge on any atom is 0.229 e. The number of fused-ring (bicyclic) bond motifs is 1. The van der Waals surface area contributed by atoms with Crippen LogP contribution >= 0.6 is 0 Å². The Labute approximate surface area is 231 Å². The highest BCUT2D eigenvalue weighted by atomic mass is 16.7. The Morgan fingerprint density at radius 3 is 2.02 bits per heavy atom. The molecule has 0 radical (unpaired) electrons. The molecule has 0 bridgehead atoms. The van der Waals surface area contributed by atoms with Gasteiger partial charge >= 0.3 is 0 Å². The monoisotopic (exact) mass is 578 g/mol. The van der Waals surface area contributed by atoms with E-state index < -0.39 is 79.2 Å². The number of ether oxygens (including phenoxy) is 4. The SMILES string of the molecule is CC1OC(Oc2ccc(-c3cc(=O)c4c(O)cc(OC5OC(CO)C(O)C(O)C5O)cc4o3)cc2)C(O)C(O)C1O. The van der Waals surface area contributed by atoms with Crippen molar-refractivity contribution in [3.63, 3.8) is 0 Å². The zero-order valence-electron chi connectivity index (χ0n) is 21.5. The first-order valence-electron chi connectivity index (χ1n) is 12.7. The summed E-state index contributed by atoms with van der Waals surface area (Å²) in [4.78, 5) is 12.8. The Bertz CT molecular complexity index is 1420. The number of hydrogen-bond acceptors (Lipinski definition) is 14. The van der Waals surface area contributed by atoms with E-state index in [1.807, 2.05) is 0 Å². The number of hydrogen-bond donors (Lipinski definition) is 8. The van der Waals surface area contributed by atoms with E-state index in [1.165, 1.54) is 31.2 Å².